The second-order valence-electron chi connectivity index (χ2n) is 16.8. The Bertz CT molecular complexity index is 3230. The molecule has 12 rings (SSSR count). The molecule has 0 N–H and O–H groups in total. The van der Waals surface area contributed by atoms with Crippen LogP contribution in [0.5, 0.6) is 0 Å². The molecule has 2 aliphatic rings. The number of nitrogens with zero attached hydrogens (tertiary/aromatic N) is 1. The molecule has 1 aromatic heterocycles. The van der Waals surface area contributed by atoms with Gasteiger partial charge in [0, 0.05) is 42.6 Å². The molecule has 0 bridgehead atoms. The Morgan fingerprint density at radius 3 is 1.63 bits per heavy atom. The average molecular weight is 784 g/mol. The molecule has 0 fully saturated rings. The maximum atomic E-state index is 2.54. The van der Waals surface area contributed by atoms with E-state index in [-0.39, 0.29) is 5.41 Å². The van der Waals surface area contributed by atoms with Gasteiger partial charge in [0.2, 0.25) is 0 Å². The zero-order chi connectivity index (χ0) is 40.0. The molecule has 2 heteroatoms. The Hall–Kier alpha value is -7.00. The molecule has 0 aliphatic heterocycles. The first kappa shape index (κ1) is 35.0. The van der Waals surface area contributed by atoms with Crippen LogP contribution >= 0.6 is 11.3 Å². The van der Waals surface area contributed by atoms with Crippen LogP contribution in [-0.2, 0) is 10.8 Å². The van der Waals surface area contributed by atoms with Crippen molar-refractivity contribution in [2.75, 3.05) is 4.90 Å². The van der Waals surface area contributed by atoms with Crippen LogP contribution in [0.4, 0.5) is 17.1 Å². The summed E-state index contributed by atoms with van der Waals surface area (Å²) in [6.45, 7) is 4.73. The lowest BCUT2D eigenvalue weighted by Crippen LogP contribution is -2.28. The molecule has 0 saturated heterocycles. The van der Waals surface area contributed by atoms with Gasteiger partial charge < -0.3 is 4.90 Å². The Kier molecular flexibility index (Phi) is 7.73. The summed E-state index contributed by atoms with van der Waals surface area (Å²) in [5.74, 6) is 0. The molecule has 1 nitrogen and oxygen atoms in total. The number of fused-ring (bicyclic) bond motifs is 9. The predicted molar refractivity (Wildman–Crippen MR) is 254 cm³/mol. The highest BCUT2D eigenvalue weighted by molar-refractivity contribution is 7.26. The molecule has 0 amide bonds. The molecule has 2 aliphatic carbocycles. The summed E-state index contributed by atoms with van der Waals surface area (Å²) in [4.78, 5) is 2.45. The van der Waals surface area contributed by atoms with Gasteiger partial charge in [-0.05, 0) is 115 Å². The maximum Gasteiger partial charge on any atom is 0.0714 e. The number of rotatable bonds is 6. The number of benzene rings is 9. The van der Waals surface area contributed by atoms with E-state index in [1.165, 1.54) is 86.9 Å². The monoisotopic (exact) mass is 783 g/mol. The molecule has 0 atom stereocenters. The summed E-state index contributed by atoms with van der Waals surface area (Å²) in [7, 11) is 0. The van der Waals surface area contributed by atoms with Crippen LogP contribution in [0.2, 0.25) is 0 Å². The Balaban J connectivity index is 1.15. The highest BCUT2D eigenvalue weighted by Crippen LogP contribution is 2.61. The van der Waals surface area contributed by atoms with Gasteiger partial charge in [-0.25, -0.2) is 0 Å². The average Bonchev–Trinajstić information content (AvgIpc) is 3.90. The third-order valence-corrected chi connectivity index (χ3v) is 14.4. The van der Waals surface area contributed by atoms with E-state index in [0.29, 0.717) is 0 Å². The molecule has 1 heterocycles. The van der Waals surface area contributed by atoms with E-state index in [9.17, 15) is 0 Å². The van der Waals surface area contributed by atoms with Gasteiger partial charge in [-0.15, -0.1) is 11.3 Å². The minimum Gasteiger partial charge on any atom is -0.310 e. The van der Waals surface area contributed by atoms with E-state index < -0.39 is 5.41 Å². The molecule has 284 valence electrons. The molecule has 9 aromatic carbocycles. The van der Waals surface area contributed by atoms with Crippen LogP contribution in [0.15, 0.2) is 212 Å². The van der Waals surface area contributed by atoms with Crippen LogP contribution < -0.4 is 4.90 Å². The summed E-state index contributed by atoms with van der Waals surface area (Å²) in [5.41, 5.74) is 18.7. The lowest BCUT2D eigenvalue weighted by atomic mass is 9.67. The van der Waals surface area contributed by atoms with Gasteiger partial charge in [0.25, 0.3) is 0 Å². The van der Waals surface area contributed by atoms with Gasteiger partial charge in [-0.3, -0.25) is 0 Å². The fourth-order valence-electron chi connectivity index (χ4n) is 10.7. The lowest BCUT2D eigenvalue weighted by molar-refractivity contribution is 0.660. The number of anilines is 3. The van der Waals surface area contributed by atoms with Crippen LogP contribution in [-0.4, -0.2) is 0 Å². The molecule has 60 heavy (non-hydrogen) atoms. The van der Waals surface area contributed by atoms with Gasteiger partial charge in [-0.1, -0.05) is 178 Å². The van der Waals surface area contributed by atoms with Crippen LogP contribution in [0.25, 0.3) is 53.6 Å². The summed E-state index contributed by atoms with van der Waals surface area (Å²) in [6, 6.07) is 79.1. The number of para-hydroxylation sites is 1. The Labute approximate surface area is 355 Å². The third kappa shape index (κ3) is 4.92. The number of hydrogen-bond acceptors (Lipinski definition) is 2. The second kappa shape index (κ2) is 13.3. The fraction of sp³-hybridized carbons (Fsp3) is 0.0690. The van der Waals surface area contributed by atoms with E-state index in [1.807, 2.05) is 11.3 Å². The van der Waals surface area contributed by atoms with E-state index in [1.54, 1.807) is 0 Å². The minimum absolute atomic E-state index is 0.103. The van der Waals surface area contributed by atoms with E-state index in [4.69, 9.17) is 0 Å². The summed E-state index contributed by atoms with van der Waals surface area (Å²) in [5, 5.41) is 2.59. The largest absolute Gasteiger partial charge is 0.310 e. The van der Waals surface area contributed by atoms with Crippen molar-refractivity contribution < 1.29 is 0 Å². The van der Waals surface area contributed by atoms with E-state index >= 15 is 0 Å². The third-order valence-electron chi connectivity index (χ3n) is 13.3. The molecule has 0 radical (unpaired) electrons. The zero-order valence-corrected chi connectivity index (χ0v) is 34.4. The van der Waals surface area contributed by atoms with Gasteiger partial charge in [0.15, 0.2) is 0 Å². The topological polar surface area (TPSA) is 3.24 Å². The summed E-state index contributed by atoms with van der Waals surface area (Å²) >= 11 is 1.91. The second-order valence-corrected chi connectivity index (χ2v) is 17.9. The van der Waals surface area contributed by atoms with Gasteiger partial charge in [-0.2, -0.15) is 0 Å². The predicted octanol–water partition coefficient (Wildman–Crippen LogP) is 15.9. The fourth-order valence-corrected chi connectivity index (χ4v) is 11.9. The number of thiophene rings is 1. The van der Waals surface area contributed by atoms with Crippen LogP contribution in [0.3, 0.4) is 0 Å². The van der Waals surface area contributed by atoms with Crippen molar-refractivity contribution in [2.24, 2.45) is 0 Å². The molecule has 0 saturated carbocycles. The van der Waals surface area contributed by atoms with Crippen LogP contribution in [0, 0.1) is 0 Å². The van der Waals surface area contributed by atoms with Gasteiger partial charge in [0.1, 0.15) is 0 Å². The first-order valence-corrected chi connectivity index (χ1v) is 21.7. The minimum atomic E-state index is -0.487. The van der Waals surface area contributed by atoms with Crippen molar-refractivity contribution in [3.63, 3.8) is 0 Å². The van der Waals surface area contributed by atoms with Gasteiger partial charge in [0.05, 0.1) is 5.41 Å². The van der Waals surface area contributed by atoms with Crippen LogP contribution in [0.1, 0.15) is 47.2 Å². The molecular formula is C58H41NS. The van der Waals surface area contributed by atoms with E-state index in [0.717, 1.165) is 17.1 Å². The summed E-state index contributed by atoms with van der Waals surface area (Å²) in [6.07, 6.45) is 0. The standard InChI is InChI=1S/C58H41NS/c1-57(2)48-29-17-15-27-44(48)45-33-31-43(36-50(45)57)59(41-25-13-6-14-26-41)42-32-34-52-47(35-42)56-53(60-52)37-51-55(54(56)38-19-7-3-8-20-38)46-28-16-18-30-49(46)58(51,39-21-9-4-10-22-39)40-23-11-5-12-24-40/h3-37H,1-2H3. The first-order valence-electron chi connectivity index (χ1n) is 20.9. The molecule has 0 spiro atoms. The number of hydrogen-bond donors (Lipinski definition) is 0. The zero-order valence-electron chi connectivity index (χ0n) is 33.6. The Morgan fingerprint density at radius 1 is 0.383 bits per heavy atom. The SMILES string of the molecule is CC1(C)c2ccccc2-c2ccc(N(c3ccccc3)c3ccc4sc5cc6c(c(-c7ccccc7)c5c4c3)-c3ccccc3C6(c3ccccc3)c3ccccc3)cc21. The van der Waals surface area contributed by atoms with Crippen molar-refractivity contribution in [3.05, 3.63) is 246 Å². The highest BCUT2D eigenvalue weighted by Gasteiger charge is 2.47. The smallest absolute Gasteiger partial charge is 0.0714 e. The Morgan fingerprint density at radius 2 is 0.933 bits per heavy atom. The van der Waals surface area contributed by atoms with Crippen molar-refractivity contribution in [2.45, 2.75) is 24.7 Å². The van der Waals surface area contributed by atoms with Gasteiger partial charge >= 0.3 is 0 Å². The highest BCUT2D eigenvalue weighted by atomic mass is 32.1. The van der Waals surface area contributed by atoms with E-state index in [2.05, 4.69) is 231 Å². The molecule has 10 aromatic rings. The summed E-state index contributed by atoms with van der Waals surface area (Å²) < 4.78 is 2.58. The van der Waals surface area contributed by atoms with Crippen molar-refractivity contribution in [3.8, 4) is 33.4 Å². The van der Waals surface area contributed by atoms with Crippen molar-refractivity contribution >= 4 is 48.6 Å². The maximum absolute atomic E-state index is 2.54. The normalized spacial score (nSPS) is 14.1. The first-order chi connectivity index (χ1) is 29.5. The quantitative estimate of drug-likeness (QED) is 0.162. The molecule has 0 unspecified atom stereocenters. The van der Waals surface area contributed by atoms with Crippen molar-refractivity contribution in [1.82, 2.24) is 0 Å². The lowest BCUT2D eigenvalue weighted by Gasteiger charge is -2.34. The molecular weight excluding hydrogens is 743 g/mol. The van der Waals surface area contributed by atoms with Crippen molar-refractivity contribution in [1.29, 1.82) is 0 Å².